The van der Waals surface area contributed by atoms with Crippen LogP contribution in [0.1, 0.15) is 67.8 Å². The number of ether oxygens (including phenoxy) is 1. The third-order valence-electron chi connectivity index (χ3n) is 5.42. The van der Waals surface area contributed by atoms with Crippen molar-refractivity contribution in [3.05, 3.63) is 35.4 Å². The molecule has 0 aromatic heterocycles. The van der Waals surface area contributed by atoms with Gasteiger partial charge in [0.2, 0.25) is 0 Å². The Morgan fingerprint density at radius 3 is 2.67 bits per heavy atom. The van der Waals surface area contributed by atoms with Crippen LogP contribution >= 0.6 is 0 Å². The van der Waals surface area contributed by atoms with Crippen molar-refractivity contribution in [1.82, 2.24) is 0 Å². The molecule has 1 saturated carbocycles. The van der Waals surface area contributed by atoms with Gasteiger partial charge in [0.05, 0.1) is 0 Å². The summed E-state index contributed by atoms with van der Waals surface area (Å²) in [4.78, 5) is 35.5. The van der Waals surface area contributed by atoms with E-state index in [1.54, 1.807) is 6.92 Å². The first-order valence-electron chi connectivity index (χ1n) is 8.82. The summed E-state index contributed by atoms with van der Waals surface area (Å²) in [5.41, 5.74) is 1.10. The zero-order valence-electron chi connectivity index (χ0n) is 14.2. The average molecular weight is 328 g/mol. The van der Waals surface area contributed by atoms with Crippen molar-refractivity contribution in [3.63, 3.8) is 0 Å². The summed E-state index contributed by atoms with van der Waals surface area (Å²) in [5, 5.41) is 0. The van der Waals surface area contributed by atoms with Gasteiger partial charge in [-0.3, -0.25) is 14.4 Å². The van der Waals surface area contributed by atoms with Crippen LogP contribution < -0.4 is 0 Å². The molecular weight excluding hydrogens is 304 g/mol. The molecular formula is C20H24O4. The second-order valence-electron chi connectivity index (χ2n) is 7.17. The molecule has 1 unspecified atom stereocenters. The van der Waals surface area contributed by atoms with E-state index in [0.29, 0.717) is 24.8 Å². The molecule has 24 heavy (non-hydrogen) atoms. The van der Waals surface area contributed by atoms with Crippen LogP contribution in [0.4, 0.5) is 0 Å². The highest BCUT2D eigenvalue weighted by atomic mass is 16.6. The van der Waals surface area contributed by atoms with E-state index in [-0.39, 0.29) is 29.9 Å². The maximum Gasteiger partial charge on any atom is 0.313 e. The zero-order chi connectivity index (χ0) is 17.2. The summed E-state index contributed by atoms with van der Waals surface area (Å²) in [6.45, 7) is 1.56. The number of cyclic esters (lactones) is 1. The van der Waals surface area contributed by atoms with Crippen LogP contribution in [-0.2, 0) is 20.7 Å². The van der Waals surface area contributed by atoms with Crippen LogP contribution in [0, 0.1) is 5.92 Å². The molecule has 128 valence electrons. The SMILES string of the molecule is CC(=O)c1cccc(CCC2(C3CCCC3)CC(=O)CC(=O)O2)c1. The molecule has 0 amide bonds. The van der Waals surface area contributed by atoms with Gasteiger partial charge in [0.1, 0.15) is 17.8 Å². The molecule has 0 bridgehead atoms. The van der Waals surface area contributed by atoms with Crippen LogP contribution in [-0.4, -0.2) is 23.1 Å². The van der Waals surface area contributed by atoms with Crippen LogP contribution in [0.5, 0.6) is 0 Å². The second kappa shape index (κ2) is 6.88. The van der Waals surface area contributed by atoms with E-state index in [9.17, 15) is 14.4 Å². The molecule has 1 heterocycles. The fourth-order valence-corrected chi connectivity index (χ4v) is 4.18. The third-order valence-corrected chi connectivity index (χ3v) is 5.42. The number of ketones is 2. The van der Waals surface area contributed by atoms with Crippen molar-refractivity contribution in [2.24, 2.45) is 5.92 Å². The quantitative estimate of drug-likeness (QED) is 0.470. The largest absolute Gasteiger partial charge is 0.458 e. The lowest BCUT2D eigenvalue weighted by Gasteiger charge is -2.41. The maximum absolute atomic E-state index is 12.1. The van der Waals surface area contributed by atoms with E-state index >= 15 is 0 Å². The third kappa shape index (κ3) is 3.58. The van der Waals surface area contributed by atoms with Crippen molar-refractivity contribution >= 4 is 17.5 Å². The van der Waals surface area contributed by atoms with Crippen molar-refractivity contribution in [3.8, 4) is 0 Å². The Morgan fingerprint density at radius 1 is 1.25 bits per heavy atom. The number of carbonyl (C=O) groups is 3. The van der Waals surface area contributed by atoms with Crippen molar-refractivity contribution in [2.75, 3.05) is 0 Å². The Hall–Kier alpha value is -1.97. The van der Waals surface area contributed by atoms with E-state index in [1.165, 1.54) is 0 Å². The van der Waals surface area contributed by atoms with Gasteiger partial charge in [0.25, 0.3) is 0 Å². The summed E-state index contributed by atoms with van der Waals surface area (Å²) in [6, 6.07) is 7.58. The van der Waals surface area contributed by atoms with E-state index in [1.807, 2.05) is 24.3 Å². The lowest BCUT2D eigenvalue weighted by molar-refractivity contribution is -0.178. The number of carbonyl (C=O) groups excluding carboxylic acids is 3. The number of hydrogen-bond donors (Lipinski definition) is 0. The monoisotopic (exact) mass is 328 g/mol. The molecule has 1 saturated heterocycles. The zero-order valence-corrected chi connectivity index (χ0v) is 14.2. The highest BCUT2D eigenvalue weighted by molar-refractivity contribution is 5.98. The fraction of sp³-hybridized carbons (Fsp3) is 0.550. The Morgan fingerprint density at radius 2 is 2.00 bits per heavy atom. The summed E-state index contributed by atoms with van der Waals surface area (Å²) in [7, 11) is 0. The first-order chi connectivity index (χ1) is 11.5. The van der Waals surface area contributed by atoms with Gasteiger partial charge >= 0.3 is 5.97 Å². The Kier molecular flexibility index (Phi) is 4.83. The van der Waals surface area contributed by atoms with E-state index in [2.05, 4.69) is 0 Å². The highest BCUT2D eigenvalue weighted by Gasteiger charge is 2.47. The summed E-state index contributed by atoms with van der Waals surface area (Å²) >= 11 is 0. The molecule has 4 nitrogen and oxygen atoms in total. The topological polar surface area (TPSA) is 60.4 Å². The standard InChI is InChI=1S/C20H24O4/c1-14(21)16-6-4-5-15(11-16)9-10-20(17-7-2-3-8-17)13-18(22)12-19(23)24-20/h4-6,11,17H,2-3,7-10,12-13H2,1H3. The minimum atomic E-state index is -0.644. The molecule has 1 atom stereocenters. The number of esters is 1. The van der Waals surface area contributed by atoms with Gasteiger partial charge in [-0.1, -0.05) is 31.0 Å². The smallest absolute Gasteiger partial charge is 0.313 e. The number of rotatable bonds is 5. The van der Waals surface area contributed by atoms with Gasteiger partial charge in [-0.25, -0.2) is 0 Å². The minimum absolute atomic E-state index is 0.00404. The summed E-state index contributed by atoms with van der Waals surface area (Å²) in [5.74, 6) is -0.0606. The van der Waals surface area contributed by atoms with Crippen LogP contribution in [0.3, 0.4) is 0 Å². The molecule has 1 aliphatic heterocycles. The van der Waals surface area contributed by atoms with Crippen LogP contribution in [0.25, 0.3) is 0 Å². The van der Waals surface area contributed by atoms with Gasteiger partial charge in [0.15, 0.2) is 5.78 Å². The van der Waals surface area contributed by atoms with Gasteiger partial charge in [-0.2, -0.15) is 0 Å². The van der Waals surface area contributed by atoms with E-state index in [4.69, 9.17) is 4.74 Å². The first-order valence-corrected chi connectivity index (χ1v) is 8.82. The van der Waals surface area contributed by atoms with Crippen molar-refractivity contribution in [2.45, 2.75) is 63.9 Å². The maximum atomic E-state index is 12.1. The minimum Gasteiger partial charge on any atom is -0.458 e. The molecule has 0 radical (unpaired) electrons. The molecule has 1 aliphatic carbocycles. The lowest BCUT2D eigenvalue weighted by atomic mass is 9.76. The molecule has 1 aromatic rings. The summed E-state index contributed by atoms with van der Waals surface area (Å²) in [6.07, 6.45) is 5.93. The molecule has 3 rings (SSSR count). The lowest BCUT2D eigenvalue weighted by Crippen LogP contribution is -2.48. The number of benzene rings is 1. The van der Waals surface area contributed by atoms with E-state index in [0.717, 1.165) is 31.2 Å². The Bertz CT molecular complexity index is 639. The highest BCUT2D eigenvalue weighted by Crippen LogP contribution is 2.43. The van der Waals surface area contributed by atoms with Crippen molar-refractivity contribution < 1.29 is 19.1 Å². The fourth-order valence-electron chi connectivity index (χ4n) is 4.18. The Balaban J connectivity index is 1.79. The molecule has 4 heteroatoms. The molecule has 2 aliphatic rings. The molecule has 0 spiro atoms. The first kappa shape index (κ1) is 16.9. The van der Waals surface area contributed by atoms with Crippen LogP contribution in [0.15, 0.2) is 24.3 Å². The molecule has 2 fully saturated rings. The molecule has 1 aromatic carbocycles. The second-order valence-corrected chi connectivity index (χ2v) is 7.17. The predicted molar refractivity (Wildman–Crippen MR) is 89.8 cm³/mol. The predicted octanol–water partition coefficient (Wildman–Crippen LogP) is 3.66. The van der Waals surface area contributed by atoms with Gasteiger partial charge in [-0.15, -0.1) is 0 Å². The normalized spacial score (nSPS) is 24.9. The van der Waals surface area contributed by atoms with E-state index < -0.39 is 5.60 Å². The van der Waals surface area contributed by atoms with Gasteiger partial charge in [0, 0.05) is 12.0 Å². The molecule has 0 N–H and O–H groups in total. The average Bonchev–Trinajstić information content (AvgIpc) is 3.07. The number of aryl methyl sites for hydroxylation is 1. The number of hydrogen-bond acceptors (Lipinski definition) is 4. The number of Topliss-reactive ketones (excluding diaryl/α,β-unsaturated/α-hetero) is 2. The Labute approximate surface area is 142 Å². The van der Waals surface area contributed by atoms with Crippen LogP contribution in [0.2, 0.25) is 0 Å². The summed E-state index contributed by atoms with van der Waals surface area (Å²) < 4.78 is 5.80. The van der Waals surface area contributed by atoms with Crippen molar-refractivity contribution in [1.29, 1.82) is 0 Å². The van der Waals surface area contributed by atoms with Gasteiger partial charge < -0.3 is 4.74 Å². The van der Waals surface area contributed by atoms with Gasteiger partial charge in [-0.05, 0) is 50.2 Å².